The van der Waals surface area contributed by atoms with Crippen LogP contribution >= 0.6 is 15.6 Å². The summed E-state index contributed by atoms with van der Waals surface area (Å²) in [5.41, 5.74) is 0. The summed E-state index contributed by atoms with van der Waals surface area (Å²) in [5.74, 6) is -0.701. The first-order valence-corrected chi connectivity index (χ1v) is 43.0. The average Bonchev–Trinajstić information content (AvgIpc) is 1.52. The first-order valence-electron chi connectivity index (χ1n) is 40.0. The normalized spacial score (nSPS) is 14.0. The maximum atomic E-state index is 13.1. The van der Waals surface area contributed by atoms with Gasteiger partial charge in [0.05, 0.1) is 26.4 Å². The Bertz CT molecular complexity index is 1860. The van der Waals surface area contributed by atoms with Gasteiger partial charge in [-0.3, -0.25) is 37.3 Å². The lowest BCUT2D eigenvalue weighted by Gasteiger charge is -2.21. The summed E-state index contributed by atoms with van der Waals surface area (Å²) in [4.78, 5) is 72.8. The number of aliphatic hydroxyl groups excluding tert-OH is 1. The molecule has 0 aromatic carbocycles. The minimum absolute atomic E-state index is 0.104. The zero-order valence-corrected chi connectivity index (χ0v) is 64.5. The minimum atomic E-state index is -4.96. The van der Waals surface area contributed by atoms with Crippen LogP contribution in [-0.4, -0.2) is 96.7 Å². The van der Waals surface area contributed by atoms with Crippen LogP contribution in [0.3, 0.4) is 0 Å². The highest BCUT2D eigenvalue weighted by molar-refractivity contribution is 7.47. The van der Waals surface area contributed by atoms with Crippen LogP contribution in [0, 0.1) is 11.8 Å². The second-order valence-corrected chi connectivity index (χ2v) is 31.6. The molecule has 0 spiro atoms. The van der Waals surface area contributed by atoms with E-state index in [1.165, 1.54) is 212 Å². The quantitative estimate of drug-likeness (QED) is 0.0222. The summed E-state index contributed by atoms with van der Waals surface area (Å²) in [7, 11) is -9.91. The molecule has 0 saturated heterocycles. The van der Waals surface area contributed by atoms with E-state index in [4.69, 9.17) is 37.0 Å². The van der Waals surface area contributed by atoms with Crippen molar-refractivity contribution < 1.29 is 80.2 Å². The Balaban J connectivity index is 5.22. The molecule has 570 valence electrons. The number of carbonyl (C=O) groups excluding carboxylic acids is 4. The molecule has 2 unspecified atom stereocenters. The molecule has 19 heteroatoms. The van der Waals surface area contributed by atoms with Crippen molar-refractivity contribution in [3.8, 4) is 0 Å². The summed E-state index contributed by atoms with van der Waals surface area (Å²) < 4.78 is 68.5. The number of hydrogen-bond acceptors (Lipinski definition) is 15. The first kappa shape index (κ1) is 94.1. The highest BCUT2D eigenvalue weighted by atomic mass is 31.2. The monoisotopic (exact) mass is 1410 g/mol. The third-order valence-corrected chi connectivity index (χ3v) is 19.9. The zero-order valence-electron chi connectivity index (χ0n) is 62.7. The highest BCUT2D eigenvalue weighted by Crippen LogP contribution is 2.45. The highest BCUT2D eigenvalue weighted by Gasteiger charge is 2.30. The fourth-order valence-corrected chi connectivity index (χ4v) is 13.4. The number of carbonyl (C=O) groups is 4. The molecule has 0 bridgehead atoms. The molecule has 0 aromatic rings. The number of phosphoric ester groups is 2. The largest absolute Gasteiger partial charge is 0.472 e. The molecule has 0 amide bonds. The molecule has 0 radical (unpaired) electrons. The Labute approximate surface area is 588 Å². The average molecular weight is 1410 g/mol. The molecule has 0 fully saturated rings. The zero-order chi connectivity index (χ0) is 70.7. The van der Waals surface area contributed by atoms with E-state index in [9.17, 15) is 43.2 Å². The number of aliphatic hydroxyl groups is 1. The molecule has 96 heavy (non-hydrogen) atoms. The van der Waals surface area contributed by atoms with E-state index in [1.807, 2.05) is 0 Å². The first-order chi connectivity index (χ1) is 46.4. The van der Waals surface area contributed by atoms with Crippen molar-refractivity contribution in [2.75, 3.05) is 39.6 Å². The standard InChI is InChI=1S/C77H150O17P2/c1-7-9-11-13-15-17-19-21-23-25-26-27-29-31-33-37-41-49-55-61-76(81)93-72(65-87-74(79)59-53-47-40-36-32-30-28-24-22-20-18-16-14-12-10-8-2)67-91-95(83,84)89-63-71(78)64-90-96(85,86)92-68-73(66-88-75(80)60-54-48-44-43-46-52-58-70(5)6)94-77(82)62-56-50-42-38-34-35-39-45-51-57-69(3)4/h69-73,78H,7-68H2,1-6H3,(H,83,84)(H,85,86)/t71-,72-,73-/m1/s1. The van der Waals surface area contributed by atoms with Crippen LogP contribution < -0.4 is 0 Å². The van der Waals surface area contributed by atoms with Gasteiger partial charge in [-0.2, -0.15) is 0 Å². The van der Waals surface area contributed by atoms with Crippen molar-refractivity contribution in [3.05, 3.63) is 0 Å². The molecule has 0 heterocycles. The Morgan fingerprint density at radius 2 is 0.479 bits per heavy atom. The Kier molecular flexibility index (Phi) is 67.4. The van der Waals surface area contributed by atoms with E-state index in [-0.39, 0.29) is 25.7 Å². The molecule has 0 aliphatic heterocycles. The maximum absolute atomic E-state index is 13.1. The van der Waals surface area contributed by atoms with Gasteiger partial charge in [0, 0.05) is 25.7 Å². The van der Waals surface area contributed by atoms with Gasteiger partial charge in [-0.25, -0.2) is 9.13 Å². The van der Waals surface area contributed by atoms with Crippen molar-refractivity contribution in [2.45, 2.75) is 419 Å². The molecule has 17 nitrogen and oxygen atoms in total. The molecular formula is C77H150O17P2. The summed E-state index contributed by atoms with van der Waals surface area (Å²) in [5, 5.41) is 10.6. The van der Waals surface area contributed by atoms with Crippen LogP contribution in [0.5, 0.6) is 0 Å². The van der Waals surface area contributed by atoms with Crippen LogP contribution in [0.1, 0.15) is 401 Å². The van der Waals surface area contributed by atoms with Crippen LogP contribution in [0.15, 0.2) is 0 Å². The molecule has 5 atom stereocenters. The van der Waals surface area contributed by atoms with Crippen molar-refractivity contribution in [3.63, 3.8) is 0 Å². The molecule has 0 saturated carbocycles. The van der Waals surface area contributed by atoms with Crippen LogP contribution in [0.25, 0.3) is 0 Å². The van der Waals surface area contributed by atoms with Crippen molar-refractivity contribution >= 4 is 39.5 Å². The van der Waals surface area contributed by atoms with Crippen LogP contribution in [-0.2, 0) is 65.4 Å². The number of phosphoric acid groups is 2. The summed E-state index contributed by atoms with van der Waals surface area (Å²) in [6, 6.07) is 0. The van der Waals surface area contributed by atoms with E-state index in [2.05, 4.69) is 41.5 Å². The fraction of sp³-hybridized carbons (Fsp3) is 0.948. The van der Waals surface area contributed by atoms with Gasteiger partial charge in [0.15, 0.2) is 12.2 Å². The Morgan fingerprint density at radius 3 is 0.708 bits per heavy atom. The molecule has 0 aliphatic rings. The predicted octanol–water partition coefficient (Wildman–Crippen LogP) is 22.7. The fourth-order valence-electron chi connectivity index (χ4n) is 11.8. The number of rotatable bonds is 76. The number of esters is 4. The lowest BCUT2D eigenvalue weighted by atomic mass is 10.0. The lowest BCUT2D eigenvalue weighted by molar-refractivity contribution is -0.161. The molecule has 0 aliphatic carbocycles. The van der Waals surface area contributed by atoms with Gasteiger partial charge >= 0.3 is 39.5 Å². The topological polar surface area (TPSA) is 237 Å². The van der Waals surface area contributed by atoms with Crippen molar-refractivity contribution in [1.29, 1.82) is 0 Å². The summed E-state index contributed by atoms with van der Waals surface area (Å²) in [6.07, 6.45) is 57.1. The summed E-state index contributed by atoms with van der Waals surface area (Å²) in [6.45, 7) is 9.50. The van der Waals surface area contributed by atoms with E-state index >= 15 is 0 Å². The van der Waals surface area contributed by atoms with Gasteiger partial charge in [-0.15, -0.1) is 0 Å². The lowest BCUT2D eigenvalue weighted by Crippen LogP contribution is -2.30. The van der Waals surface area contributed by atoms with Gasteiger partial charge in [-0.05, 0) is 37.5 Å². The smallest absolute Gasteiger partial charge is 0.462 e. The van der Waals surface area contributed by atoms with Gasteiger partial charge < -0.3 is 33.8 Å². The SMILES string of the molecule is CCCCCCCCCCCCCCCCCCCCCC(=O)O[C@H](COC(=O)CCCCCCCCCCCCCCCCCC)COP(=O)(O)OC[C@@H](O)COP(=O)(O)OC[C@@H](COC(=O)CCCCCCCCC(C)C)OC(=O)CCCCCCCCCCCC(C)C. The van der Waals surface area contributed by atoms with Crippen molar-refractivity contribution in [1.82, 2.24) is 0 Å². The van der Waals surface area contributed by atoms with E-state index in [0.717, 1.165) is 102 Å². The number of unbranched alkanes of at least 4 members (excludes halogenated alkanes) is 46. The van der Waals surface area contributed by atoms with Crippen LogP contribution in [0.2, 0.25) is 0 Å². The number of hydrogen-bond donors (Lipinski definition) is 3. The van der Waals surface area contributed by atoms with Gasteiger partial charge in [-0.1, -0.05) is 350 Å². The second kappa shape index (κ2) is 68.8. The third-order valence-electron chi connectivity index (χ3n) is 18.0. The van der Waals surface area contributed by atoms with Crippen LogP contribution in [0.4, 0.5) is 0 Å². The third kappa shape index (κ3) is 70.5. The Hall–Kier alpha value is -1.94. The van der Waals surface area contributed by atoms with E-state index < -0.39 is 97.5 Å². The van der Waals surface area contributed by atoms with E-state index in [0.29, 0.717) is 31.6 Å². The second-order valence-electron chi connectivity index (χ2n) is 28.7. The van der Waals surface area contributed by atoms with E-state index in [1.54, 1.807) is 0 Å². The molecule has 3 N–H and O–H groups in total. The van der Waals surface area contributed by atoms with Gasteiger partial charge in [0.25, 0.3) is 0 Å². The molecule has 0 rings (SSSR count). The predicted molar refractivity (Wildman–Crippen MR) is 391 cm³/mol. The Morgan fingerprint density at radius 1 is 0.281 bits per heavy atom. The molecular weight excluding hydrogens is 1260 g/mol. The van der Waals surface area contributed by atoms with Gasteiger partial charge in [0.1, 0.15) is 19.3 Å². The number of ether oxygens (including phenoxy) is 4. The van der Waals surface area contributed by atoms with Gasteiger partial charge in [0.2, 0.25) is 0 Å². The maximum Gasteiger partial charge on any atom is 0.472 e. The van der Waals surface area contributed by atoms with Crippen molar-refractivity contribution in [2.24, 2.45) is 11.8 Å². The summed E-state index contributed by atoms with van der Waals surface area (Å²) >= 11 is 0. The molecule has 0 aromatic heterocycles. The minimum Gasteiger partial charge on any atom is -0.462 e.